The van der Waals surface area contributed by atoms with Gasteiger partial charge in [-0.15, -0.1) is 0 Å². The van der Waals surface area contributed by atoms with E-state index in [1.807, 2.05) is 0 Å². The molecule has 0 aliphatic heterocycles. The van der Waals surface area contributed by atoms with Gasteiger partial charge in [-0.05, 0) is 46.8 Å². The second-order valence-electron chi connectivity index (χ2n) is 5.80. The fourth-order valence-electron chi connectivity index (χ4n) is 1.74. The zero-order chi connectivity index (χ0) is 14.0. The van der Waals surface area contributed by atoms with Crippen LogP contribution in [0.3, 0.4) is 0 Å². The molecule has 0 fully saturated rings. The predicted octanol–water partition coefficient (Wildman–Crippen LogP) is 4.09. The number of fused-ring (bicyclic) bond motifs is 1. The van der Waals surface area contributed by atoms with Crippen molar-refractivity contribution in [1.29, 1.82) is 0 Å². The maximum Gasteiger partial charge on any atom is 0.140 e. The number of nitrogens with zero attached hydrogens (tertiary/aromatic N) is 2. The average Bonchev–Trinajstić information content (AvgIpc) is 2.60. The second kappa shape index (κ2) is 5.88. The average molecular weight is 392 g/mol. The summed E-state index contributed by atoms with van der Waals surface area (Å²) < 4.78 is 21.5. The second-order valence-corrected chi connectivity index (χ2v) is 12.4. The zero-order valence-electron chi connectivity index (χ0n) is 11.4. The molecule has 0 bridgehead atoms. The molecule has 1 aromatic carbocycles. The molecule has 0 saturated carbocycles. The van der Waals surface area contributed by atoms with Crippen LogP contribution in [0.2, 0.25) is 25.7 Å². The number of benzene rings is 1. The Bertz CT molecular complexity index is 580. The number of ether oxygens (including phenoxy) is 1. The van der Waals surface area contributed by atoms with Crippen LogP contribution >= 0.6 is 22.6 Å². The van der Waals surface area contributed by atoms with Gasteiger partial charge in [0.25, 0.3) is 0 Å². The third-order valence-electron chi connectivity index (χ3n) is 2.88. The summed E-state index contributed by atoms with van der Waals surface area (Å²) in [6.07, 6.45) is 0. The number of hydrogen-bond acceptors (Lipinski definition) is 2. The lowest BCUT2D eigenvalue weighted by atomic mass is 10.2. The van der Waals surface area contributed by atoms with Crippen LogP contribution in [0.5, 0.6) is 0 Å². The SMILES string of the molecule is C[Si](C)(C)CCOCn1nc(I)c2cc(F)ccc21. The van der Waals surface area contributed by atoms with Crippen LogP contribution in [-0.2, 0) is 11.5 Å². The van der Waals surface area contributed by atoms with Crippen molar-refractivity contribution in [3.05, 3.63) is 27.7 Å². The molecule has 0 aliphatic rings. The highest BCUT2D eigenvalue weighted by Gasteiger charge is 2.13. The molecule has 104 valence electrons. The van der Waals surface area contributed by atoms with Crippen LogP contribution in [0.25, 0.3) is 10.9 Å². The maximum atomic E-state index is 13.2. The summed E-state index contributed by atoms with van der Waals surface area (Å²) in [5.41, 5.74) is 0.916. The van der Waals surface area contributed by atoms with E-state index in [9.17, 15) is 4.39 Å². The van der Waals surface area contributed by atoms with Crippen molar-refractivity contribution in [2.24, 2.45) is 0 Å². The summed E-state index contributed by atoms with van der Waals surface area (Å²) in [4.78, 5) is 0. The lowest BCUT2D eigenvalue weighted by molar-refractivity contribution is 0.0814. The van der Waals surface area contributed by atoms with Crippen LogP contribution in [0, 0.1) is 9.52 Å². The Hall–Kier alpha value is -0.473. The molecule has 3 nitrogen and oxygen atoms in total. The molecule has 1 heterocycles. The Labute approximate surface area is 127 Å². The highest BCUT2D eigenvalue weighted by Crippen LogP contribution is 2.21. The number of halogens is 2. The topological polar surface area (TPSA) is 27.1 Å². The lowest BCUT2D eigenvalue weighted by Crippen LogP contribution is -2.22. The molecular weight excluding hydrogens is 374 g/mol. The van der Waals surface area contributed by atoms with E-state index in [0.29, 0.717) is 6.73 Å². The monoisotopic (exact) mass is 392 g/mol. The first-order chi connectivity index (χ1) is 8.87. The van der Waals surface area contributed by atoms with Gasteiger partial charge in [-0.2, -0.15) is 5.10 Å². The molecule has 0 spiro atoms. The quantitative estimate of drug-likeness (QED) is 0.435. The minimum absolute atomic E-state index is 0.232. The van der Waals surface area contributed by atoms with Crippen LogP contribution in [-0.4, -0.2) is 24.5 Å². The molecule has 2 aromatic rings. The largest absolute Gasteiger partial charge is 0.360 e. The Kier molecular flexibility index (Phi) is 4.62. The Morgan fingerprint density at radius 3 is 2.79 bits per heavy atom. The Balaban J connectivity index is 2.05. The van der Waals surface area contributed by atoms with Gasteiger partial charge in [0.05, 0.1) is 5.52 Å². The molecule has 2 rings (SSSR count). The summed E-state index contributed by atoms with van der Waals surface area (Å²) in [6, 6.07) is 5.86. The normalized spacial score (nSPS) is 12.3. The van der Waals surface area contributed by atoms with Crippen LogP contribution in [0.1, 0.15) is 0 Å². The minimum atomic E-state index is -1.06. The van der Waals surface area contributed by atoms with Crippen molar-refractivity contribution in [2.45, 2.75) is 32.4 Å². The van der Waals surface area contributed by atoms with Crippen molar-refractivity contribution >= 4 is 41.6 Å². The molecule has 0 N–H and O–H groups in total. The molecule has 19 heavy (non-hydrogen) atoms. The first-order valence-corrected chi connectivity index (χ1v) is 11.0. The highest BCUT2D eigenvalue weighted by atomic mass is 127. The summed E-state index contributed by atoms with van der Waals surface area (Å²) in [6.45, 7) is 8.16. The number of aromatic nitrogens is 2. The van der Waals surface area contributed by atoms with E-state index in [2.05, 4.69) is 47.3 Å². The standard InChI is InChI=1S/C13H18FIN2OSi/c1-19(2,3)7-6-18-9-17-12-5-4-10(14)8-11(12)13(15)16-17/h4-5,8H,6-7,9H2,1-3H3. The fraction of sp³-hybridized carbons (Fsp3) is 0.462. The first-order valence-electron chi connectivity index (χ1n) is 6.26. The van der Waals surface area contributed by atoms with E-state index in [0.717, 1.165) is 27.3 Å². The fourth-order valence-corrected chi connectivity index (χ4v) is 3.19. The van der Waals surface area contributed by atoms with Gasteiger partial charge in [0.2, 0.25) is 0 Å². The highest BCUT2D eigenvalue weighted by molar-refractivity contribution is 14.1. The van der Waals surface area contributed by atoms with Crippen LogP contribution in [0.15, 0.2) is 18.2 Å². The molecule has 0 atom stereocenters. The maximum absolute atomic E-state index is 13.2. The van der Waals surface area contributed by atoms with Gasteiger partial charge < -0.3 is 4.74 Å². The third-order valence-corrected chi connectivity index (χ3v) is 5.38. The smallest absolute Gasteiger partial charge is 0.140 e. The van der Waals surface area contributed by atoms with Crippen LogP contribution in [0.4, 0.5) is 4.39 Å². The van der Waals surface area contributed by atoms with Gasteiger partial charge in [0.15, 0.2) is 0 Å². The molecule has 0 radical (unpaired) electrons. The van der Waals surface area contributed by atoms with E-state index >= 15 is 0 Å². The Morgan fingerprint density at radius 2 is 2.11 bits per heavy atom. The lowest BCUT2D eigenvalue weighted by Gasteiger charge is -2.15. The first kappa shape index (κ1) is 14.9. The summed E-state index contributed by atoms with van der Waals surface area (Å²) >= 11 is 2.12. The van der Waals surface area contributed by atoms with E-state index in [-0.39, 0.29) is 5.82 Å². The molecule has 6 heteroatoms. The van der Waals surface area contributed by atoms with Gasteiger partial charge >= 0.3 is 0 Å². The van der Waals surface area contributed by atoms with Crippen molar-refractivity contribution < 1.29 is 9.13 Å². The van der Waals surface area contributed by atoms with Crippen molar-refractivity contribution in [3.63, 3.8) is 0 Å². The van der Waals surface area contributed by atoms with Gasteiger partial charge in [-0.25, -0.2) is 9.07 Å². The van der Waals surface area contributed by atoms with Gasteiger partial charge in [0.1, 0.15) is 16.2 Å². The van der Waals surface area contributed by atoms with E-state index in [1.165, 1.54) is 12.1 Å². The van der Waals surface area contributed by atoms with Gasteiger partial charge in [-0.1, -0.05) is 19.6 Å². The van der Waals surface area contributed by atoms with Crippen molar-refractivity contribution in [2.75, 3.05) is 6.61 Å². The number of rotatable bonds is 5. The molecule has 0 aliphatic carbocycles. The van der Waals surface area contributed by atoms with Crippen LogP contribution < -0.4 is 0 Å². The van der Waals surface area contributed by atoms with Gasteiger partial charge in [-0.3, -0.25) is 0 Å². The summed E-state index contributed by atoms with van der Waals surface area (Å²) in [5, 5.41) is 5.23. The van der Waals surface area contributed by atoms with E-state index < -0.39 is 8.07 Å². The van der Waals surface area contributed by atoms with Crippen molar-refractivity contribution in [3.8, 4) is 0 Å². The van der Waals surface area contributed by atoms with Crippen molar-refractivity contribution in [1.82, 2.24) is 9.78 Å². The van der Waals surface area contributed by atoms with E-state index in [4.69, 9.17) is 4.74 Å². The molecule has 0 unspecified atom stereocenters. The molecule has 1 aromatic heterocycles. The molecule has 0 amide bonds. The third kappa shape index (κ3) is 3.99. The number of hydrogen-bond donors (Lipinski definition) is 0. The molecular formula is C13H18FIN2OSi. The summed E-state index contributed by atoms with van der Waals surface area (Å²) in [5.74, 6) is -0.232. The Morgan fingerprint density at radius 1 is 1.37 bits per heavy atom. The predicted molar refractivity (Wildman–Crippen MR) is 86.5 cm³/mol. The molecule has 0 saturated heterocycles. The minimum Gasteiger partial charge on any atom is -0.360 e. The summed E-state index contributed by atoms with van der Waals surface area (Å²) in [7, 11) is -1.06. The van der Waals surface area contributed by atoms with E-state index in [1.54, 1.807) is 10.7 Å². The zero-order valence-corrected chi connectivity index (χ0v) is 14.6. The van der Waals surface area contributed by atoms with Gasteiger partial charge in [0, 0.05) is 20.1 Å².